The summed E-state index contributed by atoms with van der Waals surface area (Å²) in [7, 11) is 0. The van der Waals surface area contributed by atoms with Crippen molar-refractivity contribution in [1.82, 2.24) is 15.2 Å². The minimum absolute atomic E-state index is 0.0102. The number of aromatic nitrogens is 1. The molecule has 1 aliphatic heterocycles. The van der Waals surface area contributed by atoms with Crippen LogP contribution in [0.2, 0.25) is 0 Å². The van der Waals surface area contributed by atoms with Crippen LogP contribution in [-0.2, 0) is 16.8 Å². The molecule has 1 spiro atoms. The molecule has 1 saturated carbocycles. The number of urea groups is 1. The molecule has 102 valence electrons. The molecule has 1 N–H and O–H groups in total. The van der Waals surface area contributed by atoms with Gasteiger partial charge < -0.3 is 5.32 Å². The first-order valence-corrected chi connectivity index (χ1v) is 7.29. The Labute approximate surface area is 116 Å². The number of nitrogens with zero attached hydrogens (tertiary/aromatic N) is 2. The van der Waals surface area contributed by atoms with Gasteiger partial charge in [-0.2, -0.15) is 0 Å². The van der Waals surface area contributed by atoms with Crippen molar-refractivity contribution in [2.24, 2.45) is 0 Å². The van der Waals surface area contributed by atoms with Gasteiger partial charge in [0, 0.05) is 10.8 Å². The Morgan fingerprint density at radius 1 is 1.42 bits per heavy atom. The fourth-order valence-electron chi connectivity index (χ4n) is 2.15. The molecule has 1 aliphatic carbocycles. The maximum Gasteiger partial charge on any atom is 0.325 e. The van der Waals surface area contributed by atoms with Crippen molar-refractivity contribution < 1.29 is 9.59 Å². The summed E-state index contributed by atoms with van der Waals surface area (Å²) in [6.07, 6.45) is 1.53. The van der Waals surface area contributed by atoms with Crippen LogP contribution in [-0.4, -0.2) is 27.4 Å². The SMILES string of the molecule is CC(C)(C)c1csc(CN2C(=O)NC3(CC3)C2=O)n1. The van der Waals surface area contributed by atoms with Gasteiger partial charge >= 0.3 is 6.03 Å². The van der Waals surface area contributed by atoms with E-state index in [2.05, 4.69) is 31.1 Å². The Morgan fingerprint density at radius 3 is 2.58 bits per heavy atom. The van der Waals surface area contributed by atoms with Crippen molar-refractivity contribution in [3.8, 4) is 0 Å². The third kappa shape index (κ3) is 2.04. The van der Waals surface area contributed by atoms with Gasteiger partial charge in [-0.1, -0.05) is 20.8 Å². The molecule has 2 aliphatic rings. The Hall–Kier alpha value is -1.43. The molecule has 3 rings (SSSR count). The van der Waals surface area contributed by atoms with E-state index in [9.17, 15) is 9.59 Å². The molecule has 2 fully saturated rings. The number of amides is 3. The molecule has 0 aromatic carbocycles. The predicted molar refractivity (Wildman–Crippen MR) is 71.9 cm³/mol. The van der Waals surface area contributed by atoms with Gasteiger partial charge in [-0.25, -0.2) is 9.78 Å². The van der Waals surface area contributed by atoms with Crippen molar-refractivity contribution in [2.45, 2.75) is 51.1 Å². The van der Waals surface area contributed by atoms with Crippen LogP contribution in [0.15, 0.2) is 5.38 Å². The average molecular weight is 279 g/mol. The molecular weight excluding hydrogens is 262 g/mol. The molecule has 1 aromatic rings. The highest BCUT2D eigenvalue weighted by Gasteiger charge is 2.59. The Kier molecular flexibility index (Phi) is 2.51. The lowest BCUT2D eigenvalue weighted by Crippen LogP contribution is -2.32. The molecule has 5 nitrogen and oxygen atoms in total. The minimum Gasteiger partial charge on any atom is -0.323 e. The van der Waals surface area contributed by atoms with E-state index in [1.807, 2.05) is 5.38 Å². The second-order valence-corrected chi connectivity index (χ2v) is 7.22. The second kappa shape index (κ2) is 3.79. The van der Waals surface area contributed by atoms with Gasteiger partial charge in [0.1, 0.15) is 10.5 Å². The molecule has 0 unspecified atom stereocenters. The maximum atomic E-state index is 12.1. The monoisotopic (exact) mass is 279 g/mol. The molecule has 2 heterocycles. The van der Waals surface area contributed by atoms with Gasteiger partial charge in [-0.15, -0.1) is 11.3 Å². The summed E-state index contributed by atoms with van der Waals surface area (Å²) < 4.78 is 0. The van der Waals surface area contributed by atoms with Gasteiger partial charge in [-0.05, 0) is 12.8 Å². The van der Waals surface area contributed by atoms with Crippen molar-refractivity contribution in [3.05, 3.63) is 16.1 Å². The number of carbonyl (C=O) groups is 2. The molecule has 0 bridgehead atoms. The van der Waals surface area contributed by atoms with Crippen LogP contribution in [0.1, 0.15) is 44.3 Å². The molecule has 1 saturated heterocycles. The normalized spacial score (nSPS) is 21.1. The third-order valence-corrected chi connectivity index (χ3v) is 4.44. The number of imide groups is 1. The molecule has 19 heavy (non-hydrogen) atoms. The zero-order valence-electron chi connectivity index (χ0n) is 11.3. The summed E-state index contributed by atoms with van der Waals surface area (Å²) in [6, 6.07) is -0.282. The summed E-state index contributed by atoms with van der Waals surface area (Å²) in [5.41, 5.74) is 0.422. The standard InChI is InChI=1S/C13H17N3O2S/c1-12(2,3)8-7-19-9(14-8)6-16-10(17)13(4-5-13)15-11(16)18/h7H,4-6H2,1-3H3,(H,15,18). The Balaban J connectivity index is 1.77. The van der Waals surface area contributed by atoms with Crippen LogP contribution in [0.3, 0.4) is 0 Å². The van der Waals surface area contributed by atoms with Crippen molar-refractivity contribution in [3.63, 3.8) is 0 Å². The molecule has 3 amide bonds. The average Bonchev–Trinajstić information content (AvgIpc) is 2.84. The van der Waals surface area contributed by atoms with Crippen LogP contribution < -0.4 is 5.32 Å². The first kappa shape index (κ1) is 12.6. The number of nitrogens with one attached hydrogen (secondary N) is 1. The van der Waals surface area contributed by atoms with E-state index in [1.165, 1.54) is 16.2 Å². The summed E-state index contributed by atoms with van der Waals surface area (Å²) in [4.78, 5) is 29.8. The molecular formula is C13H17N3O2S. The first-order valence-electron chi connectivity index (χ1n) is 6.41. The van der Waals surface area contributed by atoms with Gasteiger partial charge in [0.25, 0.3) is 5.91 Å². The first-order chi connectivity index (χ1) is 8.82. The van der Waals surface area contributed by atoms with E-state index in [1.54, 1.807) is 0 Å². The van der Waals surface area contributed by atoms with E-state index >= 15 is 0 Å². The van der Waals surface area contributed by atoms with E-state index in [4.69, 9.17) is 0 Å². The van der Waals surface area contributed by atoms with Crippen LogP contribution in [0.5, 0.6) is 0 Å². The highest BCUT2D eigenvalue weighted by atomic mass is 32.1. The smallest absolute Gasteiger partial charge is 0.323 e. The second-order valence-electron chi connectivity index (χ2n) is 6.28. The summed E-state index contributed by atoms with van der Waals surface area (Å²) in [6.45, 7) is 6.57. The van der Waals surface area contributed by atoms with Crippen molar-refractivity contribution >= 4 is 23.3 Å². The highest BCUT2D eigenvalue weighted by Crippen LogP contribution is 2.41. The summed E-state index contributed by atoms with van der Waals surface area (Å²) in [5, 5.41) is 5.59. The molecule has 1 aromatic heterocycles. The summed E-state index contributed by atoms with van der Waals surface area (Å²) in [5.74, 6) is -0.0926. The van der Waals surface area contributed by atoms with Gasteiger partial charge in [-0.3, -0.25) is 9.69 Å². The number of hydrogen-bond acceptors (Lipinski definition) is 4. The van der Waals surface area contributed by atoms with Crippen molar-refractivity contribution in [2.75, 3.05) is 0 Å². The quantitative estimate of drug-likeness (QED) is 0.843. The largest absolute Gasteiger partial charge is 0.325 e. The summed E-state index contributed by atoms with van der Waals surface area (Å²) >= 11 is 1.50. The molecule has 6 heteroatoms. The van der Waals surface area contributed by atoms with Crippen molar-refractivity contribution in [1.29, 1.82) is 0 Å². The van der Waals surface area contributed by atoms with E-state index in [0.717, 1.165) is 23.5 Å². The third-order valence-electron chi connectivity index (χ3n) is 3.61. The lowest BCUT2D eigenvalue weighted by atomic mass is 9.93. The zero-order valence-corrected chi connectivity index (χ0v) is 12.1. The maximum absolute atomic E-state index is 12.1. The predicted octanol–water partition coefficient (Wildman–Crippen LogP) is 2.02. The van der Waals surface area contributed by atoms with E-state index in [0.29, 0.717) is 0 Å². The van der Waals surface area contributed by atoms with Crippen LogP contribution in [0.4, 0.5) is 4.79 Å². The molecule has 0 atom stereocenters. The number of hydrogen-bond donors (Lipinski definition) is 1. The van der Waals surface area contributed by atoms with Crippen LogP contribution >= 0.6 is 11.3 Å². The number of thiazole rings is 1. The van der Waals surface area contributed by atoms with E-state index in [-0.39, 0.29) is 23.9 Å². The minimum atomic E-state index is -0.568. The van der Waals surface area contributed by atoms with Crippen LogP contribution in [0.25, 0.3) is 0 Å². The Bertz CT molecular complexity index is 554. The fourth-order valence-corrected chi connectivity index (χ4v) is 3.16. The highest BCUT2D eigenvalue weighted by molar-refractivity contribution is 7.09. The molecule has 0 radical (unpaired) electrons. The zero-order chi connectivity index (χ0) is 13.8. The number of carbonyl (C=O) groups excluding carboxylic acids is 2. The van der Waals surface area contributed by atoms with Gasteiger partial charge in [0.2, 0.25) is 0 Å². The lowest BCUT2D eigenvalue weighted by molar-refractivity contribution is -0.128. The van der Waals surface area contributed by atoms with Gasteiger partial charge in [0.15, 0.2) is 0 Å². The lowest BCUT2D eigenvalue weighted by Gasteiger charge is -2.14. The Morgan fingerprint density at radius 2 is 2.11 bits per heavy atom. The van der Waals surface area contributed by atoms with Crippen LogP contribution in [0, 0.1) is 0 Å². The fraction of sp³-hybridized carbons (Fsp3) is 0.615. The topological polar surface area (TPSA) is 62.3 Å². The number of rotatable bonds is 2. The van der Waals surface area contributed by atoms with Gasteiger partial charge in [0.05, 0.1) is 12.2 Å². The van der Waals surface area contributed by atoms with E-state index < -0.39 is 5.54 Å².